The van der Waals surface area contributed by atoms with Gasteiger partial charge in [0.1, 0.15) is 0 Å². The number of rotatable bonds is 11. The Morgan fingerprint density at radius 2 is 1.70 bits per heavy atom. The van der Waals surface area contributed by atoms with Gasteiger partial charge >= 0.3 is 11.9 Å². The van der Waals surface area contributed by atoms with Gasteiger partial charge in [-0.2, -0.15) is 5.26 Å². The second-order valence-electron chi connectivity index (χ2n) is 6.18. The molecule has 0 N–H and O–H groups in total. The van der Waals surface area contributed by atoms with Crippen LogP contribution in [0.3, 0.4) is 0 Å². The molecule has 0 heterocycles. The Bertz CT molecular complexity index is 414. The summed E-state index contributed by atoms with van der Waals surface area (Å²) in [6, 6.07) is 2.10. The molecular weight excluding hydrogens is 294 g/mol. The summed E-state index contributed by atoms with van der Waals surface area (Å²) >= 11 is 0. The lowest BCUT2D eigenvalue weighted by Crippen LogP contribution is -2.43. The van der Waals surface area contributed by atoms with Crippen molar-refractivity contribution in [3.63, 3.8) is 0 Å². The SMILES string of the molecule is CCCC(C#N)(C(=O)OCC)C(CCCC(C)C)C(=O)OCC. The van der Waals surface area contributed by atoms with Crippen molar-refractivity contribution in [1.82, 2.24) is 0 Å². The number of esters is 2. The van der Waals surface area contributed by atoms with Crippen LogP contribution in [0.25, 0.3) is 0 Å². The van der Waals surface area contributed by atoms with E-state index >= 15 is 0 Å². The minimum Gasteiger partial charge on any atom is -0.466 e. The Kier molecular flexibility index (Phi) is 10.3. The number of carbonyl (C=O) groups is 2. The lowest BCUT2D eigenvalue weighted by molar-refractivity contribution is -0.166. The molecule has 0 rings (SSSR count). The quantitative estimate of drug-likeness (QED) is 0.539. The van der Waals surface area contributed by atoms with Crippen LogP contribution in [0.2, 0.25) is 0 Å². The highest BCUT2D eigenvalue weighted by Crippen LogP contribution is 2.38. The molecule has 0 fully saturated rings. The predicted octanol–water partition coefficient (Wildman–Crippen LogP) is 3.87. The fourth-order valence-electron chi connectivity index (χ4n) is 2.79. The third kappa shape index (κ3) is 6.21. The van der Waals surface area contributed by atoms with Gasteiger partial charge in [0, 0.05) is 0 Å². The van der Waals surface area contributed by atoms with Gasteiger partial charge in [0.05, 0.1) is 25.2 Å². The third-order valence-corrected chi connectivity index (χ3v) is 3.92. The molecule has 0 aliphatic rings. The molecule has 0 aromatic heterocycles. The maximum Gasteiger partial charge on any atom is 0.327 e. The first-order valence-electron chi connectivity index (χ1n) is 8.64. The van der Waals surface area contributed by atoms with Crippen LogP contribution in [-0.2, 0) is 19.1 Å². The summed E-state index contributed by atoms with van der Waals surface area (Å²) in [5, 5.41) is 9.74. The second kappa shape index (κ2) is 11.0. The van der Waals surface area contributed by atoms with E-state index in [1.807, 2.05) is 6.92 Å². The molecule has 5 heteroatoms. The average molecular weight is 325 g/mol. The van der Waals surface area contributed by atoms with Crippen LogP contribution in [0.1, 0.15) is 66.7 Å². The smallest absolute Gasteiger partial charge is 0.327 e. The zero-order valence-corrected chi connectivity index (χ0v) is 15.2. The van der Waals surface area contributed by atoms with E-state index < -0.39 is 23.3 Å². The first-order chi connectivity index (χ1) is 10.9. The van der Waals surface area contributed by atoms with Gasteiger partial charge in [-0.05, 0) is 32.6 Å². The van der Waals surface area contributed by atoms with E-state index in [9.17, 15) is 14.9 Å². The summed E-state index contributed by atoms with van der Waals surface area (Å²) in [6.45, 7) is 9.94. The summed E-state index contributed by atoms with van der Waals surface area (Å²) in [4.78, 5) is 24.9. The van der Waals surface area contributed by atoms with Crippen LogP contribution in [0.4, 0.5) is 0 Å². The Morgan fingerprint density at radius 1 is 1.09 bits per heavy atom. The topological polar surface area (TPSA) is 76.4 Å². The van der Waals surface area contributed by atoms with E-state index in [1.54, 1.807) is 13.8 Å². The third-order valence-electron chi connectivity index (χ3n) is 3.92. The van der Waals surface area contributed by atoms with Crippen molar-refractivity contribution in [2.24, 2.45) is 17.3 Å². The molecule has 0 aromatic rings. The van der Waals surface area contributed by atoms with E-state index in [-0.39, 0.29) is 13.2 Å². The van der Waals surface area contributed by atoms with Crippen molar-refractivity contribution < 1.29 is 19.1 Å². The van der Waals surface area contributed by atoms with Crippen LogP contribution < -0.4 is 0 Å². The number of hydrogen-bond donors (Lipinski definition) is 0. The maximum absolute atomic E-state index is 12.5. The fraction of sp³-hybridized carbons (Fsp3) is 0.833. The summed E-state index contributed by atoms with van der Waals surface area (Å²) in [6.07, 6.45) is 3.09. The molecule has 0 aliphatic heterocycles. The predicted molar refractivity (Wildman–Crippen MR) is 88.4 cm³/mol. The standard InChI is InChI=1S/C18H31NO4/c1-6-12-18(13-19,17(21)23-8-3)15(16(20)22-7-2)11-9-10-14(4)5/h14-15H,6-12H2,1-5H3. The molecule has 5 nitrogen and oxygen atoms in total. The van der Waals surface area contributed by atoms with Gasteiger partial charge in [0.2, 0.25) is 0 Å². The highest BCUT2D eigenvalue weighted by molar-refractivity contribution is 5.88. The van der Waals surface area contributed by atoms with Crippen molar-refractivity contribution in [2.45, 2.75) is 66.7 Å². The molecule has 23 heavy (non-hydrogen) atoms. The van der Waals surface area contributed by atoms with Gasteiger partial charge in [-0.3, -0.25) is 9.59 Å². The molecule has 0 spiro atoms. The number of nitrogens with zero attached hydrogens (tertiary/aromatic N) is 1. The number of carbonyl (C=O) groups excluding carboxylic acids is 2. The van der Waals surface area contributed by atoms with Gasteiger partial charge in [-0.1, -0.05) is 40.0 Å². The van der Waals surface area contributed by atoms with Crippen LogP contribution in [-0.4, -0.2) is 25.2 Å². The summed E-state index contributed by atoms with van der Waals surface area (Å²) in [5.41, 5.74) is -1.45. The first kappa shape index (κ1) is 21.4. The lowest BCUT2D eigenvalue weighted by atomic mass is 9.71. The first-order valence-corrected chi connectivity index (χ1v) is 8.64. The Hall–Kier alpha value is -1.57. The van der Waals surface area contributed by atoms with Crippen LogP contribution in [0, 0.1) is 28.6 Å². The van der Waals surface area contributed by atoms with E-state index in [0.29, 0.717) is 25.2 Å². The molecular formula is C18H31NO4. The summed E-state index contributed by atoms with van der Waals surface area (Å²) in [5.74, 6) is -1.35. The highest BCUT2D eigenvalue weighted by Gasteiger charge is 2.50. The number of nitriles is 1. The summed E-state index contributed by atoms with van der Waals surface area (Å²) in [7, 11) is 0. The van der Waals surface area contributed by atoms with Gasteiger partial charge < -0.3 is 9.47 Å². The van der Waals surface area contributed by atoms with Crippen LogP contribution in [0.5, 0.6) is 0 Å². The molecule has 2 atom stereocenters. The van der Waals surface area contributed by atoms with Crippen molar-refractivity contribution in [1.29, 1.82) is 5.26 Å². The zero-order valence-electron chi connectivity index (χ0n) is 15.2. The molecule has 0 bridgehead atoms. The van der Waals surface area contributed by atoms with E-state index in [0.717, 1.165) is 12.8 Å². The van der Waals surface area contributed by atoms with Crippen molar-refractivity contribution in [3.8, 4) is 6.07 Å². The molecule has 132 valence electrons. The maximum atomic E-state index is 12.5. The van der Waals surface area contributed by atoms with Crippen LogP contribution >= 0.6 is 0 Å². The molecule has 0 aliphatic carbocycles. The molecule has 0 amide bonds. The lowest BCUT2D eigenvalue weighted by Gasteiger charge is -2.31. The molecule has 0 radical (unpaired) electrons. The van der Waals surface area contributed by atoms with E-state index in [4.69, 9.17) is 9.47 Å². The fourth-order valence-corrected chi connectivity index (χ4v) is 2.79. The second-order valence-corrected chi connectivity index (χ2v) is 6.18. The van der Waals surface area contributed by atoms with Gasteiger partial charge in [0.15, 0.2) is 5.41 Å². The normalized spacial score (nSPS) is 14.7. The minimum atomic E-state index is -1.45. The molecule has 0 saturated heterocycles. The highest BCUT2D eigenvalue weighted by atomic mass is 16.5. The molecule has 0 aromatic carbocycles. The largest absolute Gasteiger partial charge is 0.466 e. The Balaban J connectivity index is 5.55. The Labute approximate surface area is 140 Å². The Morgan fingerprint density at radius 3 is 2.13 bits per heavy atom. The number of ether oxygens (including phenoxy) is 2. The van der Waals surface area contributed by atoms with Gasteiger partial charge in [-0.25, -0.2) is 0 Å². The van der Waals surface area contributed by atoms with Gasteiger partial charge in [0.25, 0.3) is 0 Å². The van der Waals surface area contributed by atoms with Crippen molar-refractivity contribution in [3.05, 3.63) is 0 Å². The number of hydrogen-bond acceptors (Lipinski definition) is 5. The van der Waals surface area contributed by atoms with E-state index in [1.165, 1.54) is 0 Å². The monoisotopic (exact) mass is 325 g/mol. The zero-order chi connectivity index (χ0) is 17.9. The van der Waals surface area contributed by atoms with Crippen molar-refractivity contribution >= 4 is 11.9 Å². The minimum absolute atomic E-state index is 0.188. The average Bonchev–Trinajstić information content (AvgIpc) is 2.50. The van der Waals surface area contributed by atoms with E-state index in [2.05, 4.69) is 19.9 Å². The van der Waals surface area contributed by atoms with Crippen molar-refractivity contribution in [2.75, 3.05) is 13.2 Å². The summed E-state index contributed by atoms with van der Waals surface area (Å²) < 4.78 is 10.3. The molecule has 0 saturated carbocycles. The molecule has 2 unspecified atom stereocenters. The van der Waals surface area contributed by atoms with Crippen LogP contribution in [0.15, 0.2) is 0 Å². The van der Waals surface area contributed by atoms with Gasteiger partial charge in [-0.15, -0.1) is 0 Å².